The summed E-state index contributed by atoms with van der Waals surface area (Å²) in [6.45, 7) is 5.79. The molecule has 0 fully saturated rings. The summed E-state index contributed by atoms with van der Waals surface area (Å²) < 4.78 is 5.35. The molecule has 0 unspecified atom stereocenters. The van der Waals surface area contributed by atoms with E-state index in [1.807, 2.05) is 18.2 Å². The summed E-state index contributed by atoms with van der Waals surface area (Å²) in [5, 5.41) is 0. The highest BCUT2D eigenvalue weighted by Crippen LogP contribution is 2.43. The van der Waals surface area contributed by atoms with Crippen molar-refractivity contribution in [1.82, 2.24) is 0 Å². The van der Waals surface area contributed by atoms with E-state index in [0.717, 1.165) is 17.5 Å². The first kappa shape index (κ1) is 13.8. The summed E-state index contributed by atoms with van der Waals surface area (Å²) in [6.07, 6.45) is 2.54. The second-order valence-corrected chi connectivity index (χ2v) is 5.56. The first-order valence-electron chi connectivity index (χ1n) is 6.79. The van der Waals surface area contributed by atoms with Gasteiger partial charge in [-0.05, 0) is 31.4 Å². The van der Waals surface area contributed by atoms with Crippen LogP contribution < -0.4 is 4.74 Å². The molecule has 1 heterocycles. The van der Waals surface area contributed by atoms with Gasteiger partial charge in [0.15, 0.2) is 0 Å². The van der Waals surface area contributed by atoms with Crippen LogP contribution in [0.2, 0.25) is 0 Å². The van der Waals surface area contributed by atoms with Crippen molar-refractivity contribution in [1.29, 1.82) is 0 Å². The minimum atomic E-state index is -0.182. The number of hydrogen-bond acceptors (Lipinski definition) is 3. The molecule has 1 aliphatic heterocycles. The number of Topliss-reactive ketones (excluding diaryl/α,β-unsaturated/α-hetero) is 1. The van der Waals surface area contributed by atoms with E-state index >= 15 is 0 Å². The maximum atomic E-state index is 11.7. The summed E-state index contributed by atoms with van der Waals surface area (Å²) in [5.41, 5.74) is 2.06. The van der Waals surface area contributed by atoms with Gasteiger partial charge in [-0.1, -0.05) is 26.0 Å². The zero-order valence-electron chi connectivity index (χ0n) is 11.8. The molecule has 0 aromatic heterocycles. The number of ether oxygens (including phenoxy) is 1. The van der Waals surface area contributed by atoms with Gasteiger partial charge in [-0.3, -0.25) is 4.79 Å². The number of ketones is 1. The fraction of sp³-hybridized carbons (Fsp3) is 0.500. The second kappa shape index (κ2) is 5.16. The van der Waals surface area contributed by atoms with Gasteiger partial charge in [-0.2, -0.15) is 0 Å². The molecule has 1 atom stereocenters. The number of esters is 1. The first-order chi connectivity index (χ1) is 8.96. The van der Waals surface area contributed by atoms with Crippen LogP contribution in [0.4, 0.5) is 0 Å². The number of rotatable bonds is 4. The van der Waals surface area contributed by atoms with E-state index in [2.05, 4.69) is 13.8 Å². The van der Waals surface area contributed by atoms with E-state index in [0.29, 0.717) is 25.0 Å². The zero-order valence-corrected chi connectivity index (χ0v) is 11.8. The predicted molar refractivity (Wildman–Crippen MR) is 73.3 cm³/mol. The molecule has 0 saturated heterocycles. The Morgan fingerprint density at radius 3 is 2.79 bits per heavy atom. The lowest BCUT2D eigenvalue weighted by Gasteiger charge is -2.35. The number of carbonyl (C=O) groups is 2. The Morgan fingerprint density at radius 2 is 2.16 bits per heavy atom. The van der Waals surface area contributed by atoms with E-state index < -0.39 is 0 Å². The first-order valence-corrected chi connectivity index (χ1v) is 6.79. The van der Waals surface area contributed by atoms with E-state index in [4.69, 9.17) is 4.74 Å². The molecule has 3 nitrogen and oxygen atoms in total. The van der Waals surface area contributed by atoms with Crippen molar-refractivity contribution >= 4 is 11.8 Å². The maximum absolute atomic E-state index is 11.7. The quantitative estimate of drug-likeness (QED) is 0.617. The maximum Gasteiger partial charge on any atom is 0.312 e. The summed E-state index contributed by atoms with van der Waals surface area (Å²) in [4.78, 5) is 22.9. The minimum Gasteiger partial charge on any atom is -0.426 e. The topological polar surface area (TPSA) is 43.4 Å². The average molecular weight is 260 g/mol. The zero-order chi connectivity index (χ0) is 14.0. The molecule has 3 heteroatoms. The molecule has 2 rings (SSSR count). The van der Waals surface area contributed by atoms with Gasteiger partial charge in [0.1, 0.15) is 11.5 Å². The van der Waals surface area contributed by atoms with Crippen LogP contribution in [0, 0.1) is 0 Å². The lowest BCUT2D eigenvalue weighted by molar-refractivity contribution is -0.137. The number of hydrogen-bond donors (Lipinski definition) is 0. The van der Waals surface area contributed by atoms with Gasteiger partial charge >= 0.3 is 5.97 Å². The molecule has 19 heavy (non-hydrogen) atoms. The third-order valence-electron chi connectivity index (χ3n) is 4.00. The Bertz CT molecular complexity index is 519. The Morgan fingerprint density at radius 1 is 1.42 bits per heavy atom. The summed E-state index contributed by atoms with van der Waals surface area (Å²) >= 11 is 0. The Kier molecular flexibility index (Phi) is 3.74. The molecule has 0 radical (unpaired) electrons. The normalized spacial score (nSPS) is 21.7. The van der Waals surface area contributed by atoms with Crippen LogP contribution >= 0.6 is 0 Å². The molecule has 1 aliphatic rings. The highest BCUT2D eigenvalue weighted by molar-refractivity contribution is 5.79. The molecular weight excluding hydrogens is 240 g/mol. The van der Waals surface area contributed by atoms with Gasteiger partial charge in [0, 0.05) is 17.4 Å². The second-order valence-electron chi connectivity index (χ2n) is 5.56. The fourth-order valence-electron chi connectivity index (χ4n) is 2.73. The van der Waals surface area contributed by atoms with Crippen molar-refractivity contribution in [2.24, 2.45) is 0 Å². The van der Waals surface area contributed by atoms with E-state index in [9.17, 15) is 9.59 Å². The predicted octanol–water partition coefficient (Wildman–Crippen LogP) is 3.19. The van der Waals surface area contributed by atoms with Gasteiger partial charge in [0.25, 0.3) is 0 Å². The molecule has 102 valence electrons. The van der Waals surface area contributed by atoms with Crippen LogP contribution in [-0.2, 0) is 21.4 Å². The minimum absolute atomic E-state index is 0.166. The van der Waals surface area contributed by atoms with Gasteiger partial charge in [0.05, 0.1) is 6.42 Å². The van der Waals surface area contributed by atoms with Crippen LogP contribution in [-0.4, -0.2) is 11.8 Å². The van der Waals surface area contributed by atoms with Crippen LogP contribution in [0.25, 0.3) is 0 Å². The van der Waals surface area contributed by atoms with Gasteiger partial charge in [-0.15, -0.1) is 0 Å². The standard InChI is InChI=1S/C16H20O3/c1-4-16(3)10-14(18)19-13-7-5-6-12(15(13)16)9-8-11(2)17/h5-7H,4,8-10H2,1-3H3/t16-/m1/s1. The molecule has 0 spiro atoms. The fourth-order valence-corrected chi connectivity index (χ4v) is 2.73. The van der Waals surface area contributed by atoms with Crippen LogP contribution in [0.15, 0.2) is 18.2 Å². The molecule has 0 N–H and O–H groups in total. The molecule has 1 aromatic rings. The smallest absolute Gasteiger partial charge is 0.312 e. The molecule has 0 amide bonds. The number of carbonyl (C=O) groups excluding carboxylic acids is 2. The van der Waals surface area contributed by atoms with Crippen molar-refractivity contribution in [3.8, 4) is 5.75 Å². The van der Waals surface area contributed by atoms with Gasteiger partial charge in [0.2, 0.25) is 0 Å². The van der Waals surface area contributed by atoms with Crippen molar-refractivity contribution in [3.63, 3.8) is 0 Å². The molecule has 0 aliphatic carbocycles. The van der Waals surface area contributed by atoms with Crippen molar-refractivity contribution < 1.29 is 14.3 Å². The average Bonchev–Trinajstić information content (AvgIpc) is 2.35. The Balaban J connectivity index is 2.45. The molecule has 0 saturated carbocycles. The number of fused-ring (bicyclic) bond motifs is 1. The van der Waals surface area contributed by atoms with E-state index in [-0.39, 0.29) is 17.2 Å². The van der Waals surface area contributed by atoms with Crippen molar-refractivity contribution in [2.75, 3.05) is 0 Å². The summed E-state index contributed by atoms with van der Waals surface area (Å²) in [7, 11) is 0. The third-order valence-corrected chi connectivity index (χ3v) is 4.00. The van der Waals surface area contributed by atoms with E-state index in [1.54, 1.807) is 6.92 Å². The lowest BCUT2D eigenvalue weighted by Crippen LogP contribution is -2.34. The monoisotopic (exact) mass is 260 g/mol. The molecular formula is C16H20O3. The van der Waals surface area contributed by atoms with Gasteiger partial charge in [-0.25, -0.2) is 0 Å². The van der Waals surface area contributed by atoms with Crippen molar-refractivity contribution in [3.05, 3.63) is 29.3 Å². The number of benzene rings is 1. The largest absolute Gasteiger partial charge is 0.426 e. The molecule has 1 aromatic carbocycles. The van der Waals surface area contributed by atoms with Gasteiger partial charge < -0.3 is 9.53 Å². The Hall–Kier alpha value is -1.64. The third kappa shape index (κ3) is 2.70. The number of aryl methyl sites for hydroxylation is 1. The van der Waals surface area contributed by atoms with E-state index in [1.165, 1.54) is 0 Å². The summed E-state index contributed by atoms with van der Waals surface area (Å²) in [5.74, 6) is 0.686. The highest BCUT2D eigenvalue weighted by Gasteiger charge is 2.37. The molecule has 0 bridgehead atoms. The van der Waals surface area contributed by atoms with Crippen LogP contribution in [0.5, 0.6) is 5.75 Å². The SMILES string of the molecule is CC[C@]1(C)CC(=O)Oc2cccc(CCC(C)=O)c21. The van der Waals surface area contributed by atoms with Crippen molar-refractivity contribution in [2.45, 2.75) is 51.9 Å². The van der Waals surface area contributed by atoms with Crippen LogP contribution in [0.1, 0.15) is 51.2 Å². The summed E-state index contributed by atoms with van der Waals surface area (Å²) in [6, 6.07) is 5.77. The Labute approximate surface area is 114 Å². The van der Waals surface area contributed by atoms with Crippen LogP contribution in [0.3, 0.4) is 0 Å². The highest BCUT2D eigenvalue weighted by atomic mass is 16.5. The lowest BCUT2D eigenvalue weighted by atomic mass is 9.73.